The first-order valence-corrected chi connectivity index (χ1v) is 12.7. The maximum atomic E-state index is 15.0. The zero-order chi connectivity index (χ0) is 24.4. The first-order chi connectivity index (χ1) is 16.1. The van der Waals surface area contributed by atoms with Gasteiger partial charge in [0.2, 0.25) is 11.8 Å². The van der Waals surface area contributed by atoms with Crippen LogP contribution < -0.4 is 10.6 Å². The second kappa shape index (κ2) is 8.65. The van der Waals surface area contributed by atoms with Gasteiger partial charge in [-0.1, -0.05) is 30.1 Å². The Morgan fingerprint density at radius 3 is 2.53 bits per heavy atom. The number of rotatable bonds is 6. The van der Waals surface area contributed by atoms with E-state index in [1.807, 2.05) is 0 Å². The summed E-state index contributed by atoms with van der Waals surface area (Å²) in [6, 6.07) is 3.57. The van der Waals surface area contributed by atoms with Crippen molar-refractivity contribution >= 4 is 35.0 Å². The van der Waals surface area contributed by atoms with E-state index in [0.717, 1.165) is 12.8 Å². The van der Waals surface area contributed by atoms with Gasteiger partial charge in [-0.05, 0) is 67.9 Å². The summed E-state index contributed by atoms with van der Waals surface area (Å²) in [7, 11) is 0. The average molecular weight is 508 g/mol. The van der Waals surface area contributed by atoms with Crippen LogP contribution in [0.25, 0.3) is 0 Å². The molecule has 3 N–H and O–H groups in total. The smallest absolute Gasteiger partial charge is 0.224 e. The number of aliphatic hydroxyl groups is 1. The first-order valence-electron chi connectivity index (χ1n) is 11.9. The molecule has 0 aromatic heterocycles. The maximum absolute atomic E-state index is 15.0. The highest BCUT2D eigenvalue weighted by molar-refractivity contribution is 6.42. The molecule has 0 aliphatic heterocycles. The van der Waals surface area contributed by atoms with Crippen LogP contribution >= 0.6 is 23.2 Å². The molecule has 0 unspecified atom stereocenters. The van der Waals surface area contributed by atoms with Crippen LogP contribution in [0, 0.1) is 52.2 Å². The number of aliphatic hydroxyl groups excluding tert-OH is 1. The normalized spacial score (nSPS) is 38.5. The van der Waals surface area contributed by atoms with Crippen LogP contribution in [0.4, 0.5) is 4.39 Å². The zero-order valence-corrected chi connectivity index (χ0v) is 20.4. The summed E-state index contributed by atoms with van der Waals surface area (Å²) in [5.74, 6) is -0.996. The summed E-state index contributed by atoms with van der Waals surface area (Å²) >= 11 is 12.7. The predicted octanol–water partition coefficient (Wildman–Crippen LogP) is 4.14. The molecule has 4 fully saturated rings. The van der Waals surface area contributed by atoms with Gasteiger partial charge >= 0.3 is 0 Å². The zero-order valence-electron chi connectivity index (χ0n) is 18.9. The molecule has 2 amide bonds. The molecule has 0 spiro atoms. The van der Waals surface area contributed by atoms with Crippen molar-refractivity contribution in [2.75, 3.05) is 0 Å². The summed E-state index contributed by atoms with van der Waals surface area (Å²) in [6.45, 7) is 2.06. The molecule has 4 saturated carbocycles. The Bertz CT molecular complexity index is 1070. The van der Waals surface area contributed by atoms with E-state index in [4.69, 9.17) is 28.5 Å². The summed E-state index contributed by atoms with van der Waals surface area (Å²) < 4.78 is 15.0. The Kier molecular flexibility index (Phi) is 6.07. The Labute approximate surface area is 208 Å². The van der Waals surface area contributed by atoms with Crippen LogP contribution in [-0.4, -0.2) is 29.1 Å². The lowest BCUT2D eigenvalue weighted by Crippen LogP contribution is -2.42. The summed E-state index contributed by atoms with van der Waals surface area (Å²) in [5.41, 5.74) is -0.146. The largest absolute Gasteiger partial charge is 0.391 e. The van der Waals surface area contributed by atoms with Crippen molar-refractivity contribution in [3.63, 3.8) is 0 Å². The van der Waals surface area contributed by atoms with Crippen molar-refractivity contribution in [3.05, 3.63) is 33.6 Å². The fourth-order valence-corrected chi connectivity index (χ4v) is 6.72. The van der Waals surface area contributed by atoms with E-state index in [-0.39, 0.29) is 57.5 Å². The number of fused-ring (bicyclic) bond motifs is 1. The fraction of sp³-hybridized carbons (Fsp3) is 0.640. The van der Waals surface area contributed by atoms with Crippen LogP contribution in [0.3, 0.4) is 0 Å². The topological polar surface area (TPSA) is 102 Å². The molecule has 1 aromatic carbocycles. The van der Waals surface area contributed by atoms with Gasteiger partial charge in [0.15, 0.2) is 0 Å². The third-order valence-electron chi connectivity index (χ3n) is 8.40. The number of nitriles is 1. The lowest BCUT2D eigenvalue weighted by Gasteiger charge is -2.38. The highest BCUT2D eigenvalue weighted by Gasteiger charge is 2.56. The molecular formula is C25H28Cl2FN3O3. The van der Waals surface area contributed by atoms with E-state index in [2.05, 4.69) is 23.6 Å². The van der Waals surface area contributed by atoms with Crippen LogP contribution in [0.5, 0.6) is 0 Å². The van der Waals surface area contributed by atoms with Gasteiger partial charge in [-0.2, -0.15) is 5.26 Å². The molecular weight excluding hydrogens is 480 g/mol. The van der Waals surface area contributed by atoms with Crippen LogP contribution in [0.1, 0.15) is 57.1 Å². The molecule has 4 aliphatic carbocycles. The summed E-state index contributed by atoms with van der Waals surface area (Å²) in [4.78, 5) is 25.7. The molecule has 6 nitrogen and oxygen atoms in total. The summed E-state index contributed by atoms with van der Waals surface area (Å²) in [6.07, 6.45) is 3.07. The number of amides is 2. The minimum atomic E-state index is -0.862. The van der Waals surface area contributed by atoms with E-state index in [9.17, 15) is 14.7 Å². The number of nitrogens with one attached hydrogen (secondary N) is 2. The Balaban J connectivity index is 1.32. The SMILES string of the molecule is C[C@]1([C@H](NC(=O)[C@@H]2C[C@@H](O)[C@@H](NC(=O)[C@@H]3C[C@@H]3C#N)C2)c2c(F)ccc(Cl)c2Cl)C[C@H]2C[C@H]2C1. The second-order valence-electron chi connectivity index (χ2n) is 10.9. The molecule has 0 saturated heterocycles. The number of carbonyl (C=O) groups is 2. The van der Waals surface area contributed by atoms with E-state index < -0.39 is 29.9 Å². The van der Waals surface area contributed by atoms with Gasteiger partial charge in [-0.3, -0.25) is 9.59 Å². The Morgan fingerprint density at radius 2 is 1.88 bits per heavy atom. The first kappa shape index (κ1) is 23.8. The molecule has 9 heteroatoms. The van der Waals surface area contributed by atoms with E-state index in [1.54, 1.807) is 0 Å². The van der Waals surface area contributed by atoms with Gasteiger partial charge in [0.25, 0.3) is 0 Å². The Hall–Kier alpha value is -1.88. The number of nitrogens with zero attached hydrogens (tertiary/aromatic N) is 1. The molecule has 1 aromatic rings. The molecule has 5 rings (SSSR count). The fourth-order valence-electron chi connectivity index (χ4n) is 6.29. The third-order valence-corrected chi connectivity index (χ3v) is 9.22. The number of benzene rings is 1. The van der Waals surface area contributed by atoms with Crippen molar-refractivity contribution in [1.29, 1.82) is 5.26 Å². The van der Waals surface area contributed by atoms with Gasteiger partial charge in [0, 0.05) is 11.5 Å². The standard InChI is InChI=1S/C25H28Cl2FN3O3/c1-25(8-12-4-13(12)9-25)22(20-17(28)3-2-16(26)21(20)27)31-23(33)11-6-18(19(32)7-11)30-24(34)15-5-14(15)10-29/h2-3,11-15,18-19,22,32H,4-9H2,1H3,(H,30,34)(H,31,33)/t11-,12-,13+,14+,15+,18-,19+,22+,25+/m0/s1. The monoisotopic (exact) mass is 507 g/mol. The molecule has 4 aliphatic rings. The number of halogens is 3. The van der Waals surface area contributed by atoms with Crippen molar-refractivity contribution in [2.45, 2.75) is 63.6 Å². The molecule has 182 valence electrons. The van der Waals surface area contributed by atoms with Crippen LogP contribution in [0.2, 0.25) is 10.0 Å². The van der Waals surface area contributed by atoms with Crippen LogP contribution in [-0.2, 0) is 9.59 Å². The highest BCUT2D eigenvalue weighted by atomic mass is 35.5. The molecule has 0 heterocycles. The minimum Gasteiger partial charge on any atom is -0.391 e. The van der Waals surface area contributed by atoms with E-state index in [1.165, 1.54) is 18.6 Å². The molecule has 34 heavy (non-hydrogen) atoms. The highest BCUT2D eigenvalue weighted by Crippen LogP contribution is 2.64. The quantitative estimate of drug-likeness (QED) is 0.503. The van der Waals surface area contributed by atoms with Gasteiger partial charge in [0.05, 0.1) is 46.1 Å². The van der Waals surface area contributed by atoms with Crippen molar-refractivity contribution in [3.8, 4) is 6.07 Å². The Morgan fingerprint density at radius 1 is 1.18 bits per heavy atom. The van der Waals surface area contributed by atoms with Gasteiger partial charge in [-0.25, -0.2) is 4.39 Å². The lowest BCUT2D eigenvalue weighted by atomic mass is 9.74. The summed E-state index contributed by atoms with van der Waals surface area (Å²) in [5, 5.41) is 25.7. The van der Waals surface area contributed by atoms with E-state index >= 15 is 4.39 Å². The number of carbonyl (C=O) groups excluding carboxylic acids is 2. The van der Waals surface area contributed by atoms with Crippen molar-refractivity contribution < 1.29 is 19.1 Å². The van der Waals surface area contributed by atoms with Crippen LogP contribution in [0.15, 0.2) is 12.1 Å². The van der Waals surface area contributed by atoms with Crippen molar-refractivity contribution in [2.24, 2.45) is 35.0 Å². The maximum Gasteiger partial charge on any atom is 0.224 e. The van der Waals surface area contributed by atoms with Gasteiger partial charge in [0.1, 0.15) is 5.82 Å². The molecule has 9 atom stereocenters. The van der Waals surface area contributed by atoms with Crippen molar-refractivity contribution in [1.82, 2.24) is 10.6 Å². The lowest BCUT2D eigenvalue weighted by molar-refractivity contribution is -0.127. The minimum absolute atomic E-state index is 0.113. The second-order valence-corrected chi connectivity index (χ2v) is 11.7. The number of hydrogen-bond acceptors (Lipinski definition) is 4. The van der Waals surface area contributed by atoms with Gasteiger partial charge < -0.3 is 15.7 Å². The number of hydrogen-bond donors (Lipinski definition) is 3. The average Bonchev–Trinajstić information content (AvgIpc) is 3.67. The van der Waals surface area contributed by atoms with E-state index in [0.29, 0.717) is 18.3 Å². The predicted molar refractivity (Wildman–Crippen MR) is 124 cm³/mol. The van der Waals surface area contributed by atoms with Gasteiger partial charge in [-0.15, -0.1) is 0 Å². The molecule has 0 radical (unpaired) electrons. The molecule has 0 bridgehead atoms. The third kappa shape index (κ3) is 4.29.